The molecule has 0 aliphatic heterocycles. The second-order valence-electron chi connectivity index (χ2n) is 4.46. The third-order valence-electron chi connectivity index (χ3n) is 2.83. The average Bonchev–Trinajstić information content (AvgIpc) is 3.06. The second kappa shape index (κ2) is 7.02. The molecule has 0 aromatic carbocycles. The molecule has 0 fully saturated rings. The van der Waals surface area contributed by atoms with Crippen molar-refractivity contribution in [1.82, 2.24) is 23.8 Å². The van der Waals surface area contributed by atoms with Crippen molar-refractivity contribution in [1.29, 1.82) is 0 Å². The zero-order chi connectivity index (χ0) is 15.4. The molecule has 0 aliphatic carbocycles. The fourth-order valence-corrected chi connectivity index (χ4v) is 2.69. The van der Waals surface area contributed by atoms with Gasteiger partial charge in [-0.2, -0.15) is 9.36 Å². The van der Waals surface area contributed by atoms with Crippen molar-refractivity contribution >= 4 is 45.3 Å². The van der Waals surface area contributed by atoms with Gasteiger partial charge in [-0.1, -0.05) is 0 Å². The second-order valence-corrected chi connectivity index (χ2v) is 6.30. The van der Waals surface area contributed by atoms with E-state index < -0.39 is 6.09 Å². The maximum Gasteiger partial charge on any atom is 0.407 e. The summed E-state index contributed by atoms with van der Waals surface area (Å²) in [6.45, 7) is 1.21. The van der Waals surface area contributed by atoms with Crippen LogP contribution in [0.5, 0.6) is 0 Å². The molecule has 2 aromatic heterocycles. The lowest BCUT2D eigenvalue weighted by Gasteiger charge is -2.17. The van der Waals surface area contributed by atoms with Crippen LogP contribution in [-0.4, -0.2) is 62.2 Å². The van der Waals surface area contributed by atoms with Crippen LogP contribution in [-0.2, 0) is 0 Å². The van der Waals surface area contributed by atoms with Crippen molar-refractivity contribution in [3.8, 4) is 5.95 Å². The van der Waals surface area contributed by atoms with Crippen LogP contribution in [0, 0.1) is 3.70 Å². The molecule has 0 atom stereocenters. The Bertz CT molecular complexity index is 615. The van der Waals surface area contributed by atoms with Gasteiger partial charge in [0.15, 0.2) is 0 Å². The molecular formula is C11H15IN6O2S. The van der Waals surface area contributed by atoms with E-state index in [2.05, 4.69) is 36.9 Å². The summed E-state index contributed by atoms with van der Waals surface area (Å²) < 4.78 is 6.95. The number of carbonyl (C=O) groups is 1. The topological polar surface area (TPSA) is 87.4 Å². The van der Waals surface area contributed by atoms with Gasteiger partial charge in [0.05, 0.1) is 0 Å². The standard InChI is InChI=1S/C11H15IN6O2S/c1-16(4-3-5-17(2)11(19)20)10-14-9(15-21-10)18-6-8(12)13-7-18/h6-7H,3-5H2,1-2H3,(H,19,20). The third kappa shape index (κ3) is 4.27. The predicted molar refractivity (Wildman–Crippen MR) is 88.3 cm³/mol. The molecule has 1 amide bonds. The van der Waals surface area contributed by atoms with Crippen LogP contribution in [0.4, 0.5) is 9.93 Å². The Labute approximate surface area is 139 Å². The minimum atomic E-state index is -0.912. The lowest BCUT2D eigenvalue weighted by Crippen LogP contribution is -2.29. The lowest BCUT2D eigenvalue weighted by molar-refractivity contribution is 0.155. The number of imidazole rings is 1. The van der Waals surface area contributed by atoms with Crippen LogP contribution in [0.1, 0.15) is 6.42 Å². The van der Waals surface area contributed by atoms with E-state index in [1.807, 2.05) is 18.1 Å². The number of halogens is 1. The highest BCUT2D eigenvalue weighted by Gasteiger charge is 2.11. The van der Waals surface area contributed by atoms with Gasteiger partial charge in [-0.15, -0.1) is 0 Å². The number of hydrogen-bond acceptors (Lipinski definition) is 6. The number of carboxylic acid groups (broad SMARTS) is 1. The number of aromatic nitrogens is 4. The largest absolute Gasteiger partial charge is 0.465 e. The number of hydrogen-bond donors (Lipinski definition) is 1. The van der Waals surface area contributed by atoms with E-state index in [0.717, 1.165) is 15.3 Å². The highest BCUT2D eigenvalue weighted by Crippen LogP contribution is 2.18. The molecule has 0 unspecified atom stereocenters. The van der Waals surface area contributed by atoms with Gasteiger partial charge in [0.25, 0.3) is 0 Å². The zero-order valence-corrected chi connectivity index (χ0v) is 14.6. The molecule has 0 saturated heterocycles. The maximum atomic E-state index is 10.7. The summed E-state index contributed by atoms with van der Waals surface area (Å²) in [6, 6.07) is 0. The number of amides is 1. The van der Waals surface area contributed by atoms with E-state index in [0.29, 0.717) is 19.0 Å². The van der Waals surface area contributed by atoms with E-state index >= 15 is 0 Å². The molecule has 0 spiro atoms. The quantitative estimate of drug-likeness (QED) is 0.715. The van der Waals surface area contributed by atoms with Crippen LogP contribution in [0.25, 0.3) is 5.95 Å². The van der Waals surface area contributed by atoms with Gasteiger partial charge in [-0.3, -0.25) is 4.57 Å². The average molecular weight is 422 g/mol. The zero-order valence-electron chi connectivity index (χ0n) is 11.6. The monoisotopic (exact) mass is 422 g/mol. The molecule has 114 valence electrons. The van der Waals surface area contributed by atoms with Gasteiger partial charge < -0.3 is 14.9 Å². The summed E-state index contributed by atoms with van der Waals surface area (Å²) in [5.74, 6) is 0.597. The van der Waals surface area contributed by atoms with Gasteiger partial charge >= 0.3 is 6.09 Å². The third-order valence-corrected chi connectivity index (χ3v) is 4.20. The fourth-order valence-electron chi connectivity index (χ4n) is 1.61. The Kier molecular flexibility index (Phi) is 5.33. The first-order chi connectivity index (χ1) is 9.97. The SMILES string of the molecule is CN(CCCN(C)c1nc(-n2cnc(I)c2)ns1)C(=O)O. The molecule has 0 saturated carbocycles. The Morgan fingerprint density at radius 1 is 1.48 bits per heavy atom. The molecular weight excluding hydrogens is 407 g/mol. The number of anilines is 1. The van der Waals surface area contributed by atoms with Gasteiger partial charge in [0, 0.05) is 44.9 Å². The first-order valence-corrected chi connectivity index (χ1v) is 8.01. The van der Waals surface area contributed by atoms with Crippen molar-refractivity contribution in [3.63, 3.8) is 0 Å². The normalized spacial score (nSPS) is 10.6. The summed E-state index contributed by atoms with van der Waals surface area (Å²) >= 11 is 3.44. The van der Waals surface area contributed by atoms with Crippen molar-refractivity contribution < 1.29 is 9.90 Å². The van der Waals surface area contributed by atoms with E-state index in [-0.39, 0.29) is 0 Å². The summed E-state index contributed by atoms with van der Waals surface area (Å²) in [5, 5.41) is 9.58. The summed E-state index contributed by atoms with van der Waals surface area (Å²) in [5.41, 5.74) is 0. The molecule has 8 nitrogen and oxygen atoms in total. The molecule has 21 heavy (non-hydrogen) atoms. The summed E-state index contributed by atoms with van der Waals surface area (Å²) in [7, 11) is 3.48. The van der Waals surface area contributed by atoms with Gasteiger partial charge in [-0.05, 0) is 29.0 Å². The molecule has 0 aliphatic rings. The first kappa shape index (κ1) is 15.9. The van der Waals surface area contributed by atoms with Crippen molar-refractivity contribution in [2.75, 3.05) is 32.1 Å². The predicted octanol–water partition coefficient (Wildman–Crippen LogP) is 1.76. The van der Waals surface area contributed by atoms with E-state index in [9.17, 15) is 4.79 Å². The Morgan fingerprint density at radius 3 is 2.86 bits per heavy atom. The summed E-state index contributed by atoms with van der Waals surface area (Å²) in [4.78, 5) is 22.5. The fraction of sp³-hybridized carbons (Fsp3) is 0.455. The minimum Gasteiger partial charge on any atom is -0.465 e. The molecule has 0 bridgehead atoms. The molecule has 1 N–H and O–H groups in total. The molecule has 0 radical (unpaired) electrons. The highest BCUT2D eigenvalue weighted by molar-refractivity contribution is 14.1. The number of rotatable bonds is 6. The smallest absolute Gasteiger partial charge is 0.407 e. The molecule has 10 heteroatoms. The highest BCUT2D eigenvalue weighted by atomic mass is 127. The molecule has 2 heterocycles. The van der Waals surface area contributed by atoms with Gasteiger partial charge in [-0.25, -0.2) is 9.78 Å². The molecule has 2 aromatic rings. The van der Waals surface area contributed by atoms with E-state index in [4.69, 9.17) is 5.11 Å². The van der Waals surface area contributed by atoms with Crippen molar-refractivity contribution in [3.05, 3.63) is 16.2 Å². The van der Waals surface area contributed by atoms with Crippen LogP contribution >= 0.6 is 34.1 Å². The van der Waals surface area contributed by atoms with Crippen molar-refractivity contribution in [2.45, 2.75) is 6.42 Å². The van der Waals surface area contributed by atoms with Crippen LogP contribution in [0.2, 0.25) is 0 Å². The van der Waals surface area contributed by atoms with E-state index in [1.165, 1.54) is 16.4 Å². The van der Waals surface area contributed by atoms with Crippen LogP contribution in [0.3, 0.4) is 0 Å². The Morgan fingerprint density at radius 2 is 2.24 bits per heavy atom. The Hall–Kier alpha value is -1.43. The molecule has 2 rings (SSSR count). The lowest BCUT2D eigenvalue weighted by atomic mass is 10.4. The van der Waals surface area contributed by atoms with Crippen LogP contribution in [0.15, 0.2) is 12.5 Å². The Balaban J connectivity index is 1.90. The van der Waals surface area contributed by atoms with Crippen molar-refractivity contribution in [2.24, 2.45) is 0 Å². The minimum absolute atomic E-state index is 0.491. The van der Waals surface area contributed by atoms with Crippen LogP contribution < -0.4 is 4.90 Å². The number of nitrogens with zero attached hydrogens (tertiary/aromatic N) is 6. The van der Waals surface area contributed by atoms with Gasteiger partial charge in [0.2, 0.25) is 11.1 Å². The first-order valence-electron chi connectivity index (χ1n) is 6.16. The van der Waals surface area contributed by atoms with E-state index in [1.54, 1.807) is 17.9 Å². The summed E-state index contributed by atoms with van der Waals surface area (Å²) in [6.07, 6.45) is 3.35. The maximum absolute atomic E-state index is 10.7. The van der Waals surface area contributed by atoms with Gasteiger partial charge in [0.1, 0.15) is 10.0 Å².